The second kappa shape index (κ2) is 34.3. The summed E-state index contributed by atoms with van der Waals surface area (Å²) in [6, 6.07) is 196. The number of rotatable bonds is 17. The minimum absolute atomic E-state index is 0.857. The maximum atomic E-state index is 6.93. The summed E-state index contributed by atoms with van der Waals surface area (Å²) in [6.45, 7) is 0. The highest BCUT2D eigenvalue weighted by Gasteiger charge is 2.26. The van der Waals surface area contributed by atoms with Crippen LogP contribution in [0, 0.1) is 0 Å². The first-order valence-electron chi connectivity index (χ1n) is 50.1. The van der Waals surface area contributed by atoms with Gasteiger partial charge in [0.2, 0.25) is 0 Å². The number of benzene rings is 25. The number of para-hydroxylation sites is 9. The number of hydrogen-bond donors (Lipinski definition) is 0. The zero-order chi connectivity index (χ0) is 96.0. The fourth-order valence-corrected chi connectivity index (χ4v) is 23.5. The van der Waals surface area contributed by atoms with Crippen LogP contribution in [0.3, 0.4) is 0 Å². The van der Waals surface area contributed by atoms with E-state index in [1.807, 2.05) is 12.1 Å². The lowest BCUT2D eigenvalue weighted by atomic mass is 9.92. The predicted molar refractivity (Wildman–Crippen MR) is 615 cm³/mol. The van der Waals surface area contributed by atoms with Crippen molar-refractivity contribution in [1.29, 1.82) is 0 Å². The Morgan fingerprint density at radius 1 is 0.137 bits per heavy atom. The van der Waals surface area contributed by atoms with Crippen LogP contribution in [0.15, 0.2) is 543 Å². The molecular formula is C140H88N4O2. The minimum Gasteiger partial charge on any atom is -0.455 e. The molecule has 0 saturated carbocycles. The van der Waals surface area contributed by atoms with Crippen molar-refractivity contribution in [3.63, 3.8) is 0 Å². The molecule has 0 spiro atoms. The van der Waals surface area contributed by atoms with E-state index in [2.05, 4.69) is 541 Å². The van der Waals surface area contributed by atoms with E-state index in [4.69, 9.17) is 8.83 Å². The highest BCUT2D eigenvalue weighted by molar-refractivity contribution is 6.26. The van der Waals surface area contributed by atoms with Crippen LogP contribution in [0.1, 0.15) is 0 Å². The van der Waals surface area contributed by atoms with Crippen molar-refractivity contribution in [2.24, 2.45) is 0 Å². The topological polar surface area (TPSA) is 42.6 Å². The Bertz CT molecular complexity index is 10200. The van der Waals surface area contributed by atoms with Crippen LogP contribution in [0.2, 0.25) is 0 Å². The lowest BCUT2D eigenvalue weighted by Crippen LogP contribution is -2.10. The van der Waals surface area contributed by atoms with Crippen LogP contribution in [0.25, 0.3) is 253 Å². The number of aromatic nitrogens is 2. The predicted octanol–water partition coefficient (Wildman–Crippen LogP) is 39.4. The summed E-state index contributed by atoms with van der Waals surface area (Å²) >= 11 is 0. The molecular weight excluding hydrogens is 1770 g/mol. The van der Waals surface area contributed by atoms with Crippen LogP contribution in [-0.4, -0.2) is 9.13 Å². The van der Waals surface area contributed by atoms with E-state index < -0.39 is 0 Å². The third-order valence-corrected chi connectivity index (χ3v) is 30.3. The van der Waals surface area contributed by atoms with Gasteiger partial charge >= 0.3 is 0 Å². The third kappa shape index (κ3) is 13.9. The van der Waals surface area contributed by atoms with Gasteiger partial charge < -0.3 is 27.8 Å². The van der Waals surface area contributed by atoms with E-state index in [0.29, 0.717) is 0 Å². The molecule has 0 fully saturated rings. The summed E-state index contributed by atoms with van der Waals surface area (Å²) < 4.78 is 18.3. The summed E-state index contributed by atoms with van der Waals surface area (Å²) in [6.07, 6.45) is 0. The first-order chi connectivity index (χ1) is 72.4. The molecule has 0 bridgehead atoms. The van der Waals surface area contributed by atoms with E-state index in [1.165, 1.54) is 97.8 Å². The highest BCUT2D eigenvalue weighted by Crippen LogP contribution is 2.51. The van der Waals surface area contributed by atoms with Crippen molar-refractivity contribution in [2.75, 3.05) is 9.80 Å². The molecule has 0 aliphatic carbocycles. The summed E-state index contributed by atoms with van der Waals surface area (Å²) in [5.74, 6) is 0. The van der Waals surface area contributed by atoms with E-state index in [9.17, 15) is 0 Å². The zero-order valence-corrected chi connectivity index (χ0v) is 79.4. The molecule has 146 heavy (non-hydrogen) atoms. The molecule has 0 atom stereocenters. The quantitative estimate of drug-likeness (QED) is 0.0852. The molecule has 6 heteroatoms. The van der Waals surface area contributed by atoms with Gasteiger partial charge in [-0.3, -0.25) is 0 Å². The largest absolute Gasteiger partial charge is 0.455 e. The van der Waals surface area contributed by atoms with Crippen LogP contribution >= 0.6 is 0 Å². The van der Waals surface area contributed by atoms with Gasteiger partial charge in [-0.05, 0) is 271 Å². The van der Waals surface area contributed by atoms with Gasteiger partial charge in [0.25, 0.3) is 0 Å². The van der Waals surface area contributed by atoms with Gasteiger partial charge in [-0.15, -0.1) is 0 Å². The normalized spacial score (nSPS) is 11.8. The average Bonchev–Trinajstić information content (AvgIpc) is 1.47. The molecule has 0 aliphatic heterocycles. The average molecular weight is 1860 g/mol. The third-order valence-electron chi connectivity index (χ3n) is 30.3. The monoisotopic (exact) mass is 1860 g/mol. The van der Waals surface area contributed by atoms with Gasteiger partial charge in [0.1, 0.15) is 22.3 Å². The van der Waals surface area contributed by atoms with Crippen molar-refractivity contribution in [3.8, 4) is 112 Å². The van der Waals surface area contributed by atoms with Crippen LogP contribution in [0.5, 0.6) is 0 Å². The number of furan rings is 2. The van der Waals surface area contributed by atoms with Crippen molar-refractivity contribution in [1.82, 2.24) is 9.13 Å². The van der Waals surface area contributed by atoms with Gasteiger partial charge in [0.05, 0.1) is 33.4 Å². The Morgan fingerprint density at radius 2 is 0.425 bits per heavy atom. The van der Waals surface area contributed by atoms with Gasteiger partial charge in [-0.1, -0.05) is 394 Å². The minimum atomic E-state index is 0.857. The molecule has 0 saturated heterocycles. The molecule has 6 nitrogen and oxygen atoms in total. The maximum Gasteiger partial charge on any atom is 0.143 e. The smallest absolute Gasteiger partial charge is 0.143 e. The molecule has 29 rings (SSSR count). The van der Waals surface area contributed by atoms with Crippen molar-refractivity contribution in [2.45, 2.75) is 0 Å². The van der Waals surface area contributed by atoms with Gasteiger partial charge in [-0.25, -0.2) is 0 Å². The Kier molecular flexibility index (Phi) is 19.6. The Hall–Kier alpha value is -19.4. The van der Waals surface area contributed by atoms with Crippen molar-refractivity contribution < 1.29 is 8.83 Å². The Morgan fingerprint density at radius 3 is 0.884 bits per heavy atom. The van der Waals surface area contributed by atoms with Crippen LogP contribution < -0.4 is 9.80 Å². The molecule has 0 aliphatic rings. The molecule has 4 aromatic heterocycles. The van der Waals surface area contributed by atoms with Crippen molar-refractivity contribution >= 4 is 175 Å². The summed E-state index contributed by atoms with van der Waals surface area (Å²) in [7, 11) is 0. The molecule has 0 radical (unpaired) electrons. The maximum absolute atomic E-state index is 6.93. The van der Waals surface area contributed by atoms with E-state index >= 15 is 0 Å². The first-order valence-corrected chi connectivity index (χ1v) is 50.1. The summed E-state index contributed by atoms with van der Waals surface area (Å²) in [4.78, 5) is 4.82. The zero-order valence-electron chi connectivity index (χ0n) is 79.4. The SMILES string of the molecule is c1ccc(-c2ccccc2-n2c3ccccc3c3ccccc32)c(-c2ccc(N(c3ccc(-c4ccc(-c5cccc6c5oc5ccccc56)cc4)cc3)c3ccc4c(ccc5cc(-c6cc(-c7ccc(-c8ccc(N(c9ccc(-c%10ccccc%10-c%10ccccc%10-n%10c%11ccccc%11c%11ccccc%11%10)cc9)c9ccc%10c%11ccccc%11c%11ccccc%11c%10c9)cc8)cc7)c7oc8ccccc8c7c6)ccc54)c3)cc2)c1. The molecule has 29 aromatic rings. The summed E-state index contributed by atoms with van der Waals surface area (Å²) in [5.41, 5.74) is 37.1. The summed E-state index contributed by atoms with van der Waals surface area (Å²) in [5, 5.41) is 21.4. The molecule has 0 N–H and O–H groups in total. The molecule has 0 unspecified atom stereocenters. The molecule has 680 valence electrons. The fourth-order valence-electron chi connectivity index (χ4n) is 23.5. The Balaban J connectivity index is 0.490. The lowest BCUT2D eigenvalue weighted by molar-refractivity contribution is 0.669. The highest BCUT2D eigenvalue weighted by atomic mass is 16.3. The fraction of sp³-hybridized carbons (Fsp3) is 0. The number of fused-ring (bicyclic) bond motifs is 21. The standard InChI is InChI=1S/C140H88N4O2/c1-3-28-112(119-34-9-17-44-131(119)143-133-46-19-11-36-121(133)122-37-12-20-47-134(122)143)107(26-1)93-66-75-103(76-67-93)141(101-71-62-91(63-72-101)89-52-56-95(57-53-89)111-42-25-43-127-125-40-15-23-50-137(125)145-139(111)127)105-79-82-110-99(85-105)61-60-98-84-97(70-81-109(98)110)100-86-128(140-130(87-100)126-41-16-24-51-138(126)146-140)96-58-54-90(55-59-96)92-64-73-102(74-65-92)142(106-80-83-118-116-32-6-5-30-114(116)115-31-7-8-33-117(115)129(118)88-106)104-77-68-94(69-78-104)108-27-2-4-29-113(108)120-35-10-18-45-132(120)144-135-48-21-13-38-123(135)124-39-14-22-49-136(124)144/h1-88H. The van der Waals surface area contributed by atoms with Gasteiger partial charge in [-0.2, -0.15) is 0 Å². The van der Waals surface area contributed by atoms with Crippen molar-refractivity contribution in [3.05, 3.63) is 534 Å². The second-order valence-corrected chi connectivity index (χ2v) is 38.4. The Labute approximate surface area is 842 Å². The lowest BCUT2D eigenvalue weighted by Gasteiger charge is -2.27. The van der Waals surface area contributed by atoms with Gasteiger partial charge in [0, 0.05) is 99.5 Å². The second-order valence-electron chi connectivity index (χ2n) is 38.4. The van der Waals surface area contributed by atoms with Gasteiger partial charge in [0.15, 0.2) is 0 Å². The van der Waals surface area contributed by atoms with Crippen LogP contribution in [0.4, 0.5) is 34.1 Å². The number of anilines is 6. The van der Waals surface area contributed by atoms with E-state index in [1.54, 1.807) is 0 Å². The van der Waals surface area contributed by atoms with E-state index in [-0.39, 0.29) is 0 Å². The molecule has 25 aromatic carbocycles. The molecule has 0 amide bonds. The number of hydrogen-bond acceptors (Lipinski definition) is 4. The number of nitrogens with zero attached hydrogens (tertiary/aromatic N) is 4. The van der Waals surface area contributed by atoms with Crippen LogP contribution in [-0.2, 0) is 0 Å². The van der Waals surface area contributed by atoms with E-state index in [0.717, 1.165) is 189 Å². The first kappa shape index (κ1) is 83.6. The molecule has 4 heterocycles.